The first kappa shape index (κ1) is 13.9. The van der Waals surface area contributed by atoms with Crippen LogP contribution in [0.15, 0.2) is 24.3 Å². The van der Waals surface area contributed by atoms with Gasteiger partial charge in [0.15, 0.2) is 0 Å². The molecule has 0 spiro atoms. The SMILES string of the molecule is CN1C(=O)CCC1C(=O)NCCc1ccc(Cl)cc1. The van der Waals surface area contributed by atoms with Crippen molar-refractivity contribution in [2.24, 2.45) is 0 Å². The molecule has 102 valence electrons. The highest BCUT2D eigenvalue weighted by molar-refractivity contribution is 6.30. The summed E-state index contributed by atoms with van der Waals surface area (Å²) in [4.78, 5) is 24.8. The van der Waals surface area contributed by atoms with Crippen LogP contribution < -0.4 is 5.32 Å². The largest absolute Gasteiger partial charge is 0.354 e. The van der Waals surface area contributed by atoms with Gasteiger partial charge in [-0.1, -0.05) is 23.7 Å². The predicted molar refractivity (Wildman–Crippen MR) is 74.0 cm³/mol. The summed E-state index contributed by atoms with van der Waals surface area (Å²) in [6.07, 6.45) is 1.83. The fraction of sp³-hybridized carbons (Fsp3) is 0.429. The second-order valence-corrected chi connectivity index (χ2v) is 5.16. The van der Waals surface area contributed by atoms with Crippen molar-refractivity contribution in [2.45, 2.75) is 25.3 Å². The number of nitrogens with one attached hydrogen (secondary N) is 1. The van der Waals surface area contributed by atoms with E-state index < -0.39 is 0 Å². The van der Waals surface area contributed by atoms with Gasteiger partial charge in [-0.05, 0) is 30.5 Å². The van der Waals surface area contributed by atoms with Crippen LogP contribution in [0.3, 0.4) is 0 Å². The maximum atomic E-state index is 11.9. The minimum absolute atomic E-state index is 0.0397. The van der Waals surface area contributed by atoms with Crippen molar-refractivity contribution in [3.63, 3.8) is 0 Å². The van der Waals surface area contributed by atoms with E-state index in [9.17, 15) is 9.59 Å². The summed E-state index contributed by atoms with van der Waals surface area (Å²) in [6.45, 7) is 0.568. The van der Waals surface area contributed by atoms with Crippen molar-refractivity contribution < 1.29 is 9.59 Å². The third kappa shape index (κ3) is 3.47. The number of nitrogens with zero attached hydrogens (tertiary/aromatic N) is 1. The maximum absolute atomic E-state index is 11.9. The van der Waals surface area contributed by atoms with Crippen LogP contribution >= 0.6 is 11.6 Å². The fourth-order valence-electron chi connectivity index (χ4n) is 2.21. The Morgan fingerprint density at radius 2 is 2.11 bits per heavy atom. The fourth-order valence-corrected chi connectivity index (χ4v) is 2.34. The van der Waals surface area contributed by atoms with Crippen molar-refractivity contribution in [3.8, 4) is 0 Å². The third-order valence-electron chi connectivity index (χ3n) is 3.42. The molecule has 0 aromatic heterocycles. The molecule has 1 fully saturated rings. The molecule has 1 heterocycles. The van der Waals surface area contributed by atoms with Crippen LogP contribution in [0.25, 0.3) is 0 Å². The van der Waals surface area contributed by atoms with E-state index in [0.29, 0.717) is 24.4 Å². The number of hydrogen-bond acceptors (Lipinski definition) is 2. The highest BCUT2D eigenvalue weighted by atomic mass is 35.5. The predicted octanol–water partition coefficient (Wildman–Crippen LogP) is 1.62. The monoisotopic (exact) mass is 280 g/mol. The Bertz CT molecular complexity index is 473. The zero-order valence-corrected chi connectivity index (χ0v) is 11.6. The van der Waals surface area contributed by atoms with E-state index in [-0.39, 0.29) is 17.9 Å². The molecule has 1 unspecified atom stereocenters. The first-order valence-corrected chi connectivity index (χ1v) is 6.73. The summed E-state index contributed by atoms with van der Waals surface area (Å²) in [6, 6.07) is 7.25. The van der Waals surface area contributed by atoms with E-state index in [4.69, 9.17) is 11.6 Å². The number of rotatable bonds is 4. The van der Waals surface area contributed by atoms with Gasteiger partial charge in [0.05, 0.1) is 0 Å². The second kappa shape index (κ2) is 6.06. The van der Waals surface area contributed by atoms with Crippen LogP contribution in [0.5, 0.6) is 0 Å². The standard InChI is InChI=1S/C14H17ClN2O2/c1-17-12(6-7-13(17)18)14(19)16-9-8-10-2-4-11(15)5-3-10/h2-5,12H,6-9H2,1H3,(H,16,19). The Hall–Kier alpha value is -1.55. The van der Waals surface area contributed by atoms with Gasteiger partial charge in [0, 0.05) is 25.0 Å². The van der Waals surface area contributed by atoms with Gasteiger partial charge >= 0.3 is 0 Å². The molecule has 2 amide bonds. The van der Waals surface area contributed by atoms with E-state index in [1.54, 1.807) is 7.05 Å². The molecule has 0 saturated carbocycles. The van der Waals surface area contributed by atoms with Crippen molar-refractivity contribution >= 4 is 23.4 Å². The second-order valence-electron chi connectivity index (χ2n) is 4.73. The quantitative estimate of drug-likeness (QED) is 0.911. The number of carbonyl (C=O) groups is 2. The Morgan fingerprint density at radius 1 is 1.42 bits per heavy atom. The highest BCUT2D eigenvalue weighted by Crippen LogP contribution is 2.16. The number of hydrogen-bond donors (Lipinski definition) is 1. The molecule has 2 rings (SSSR count). The molecule has 1 aromatic rings. The molecule has 1 saturated heterocycles. The molecule has 1 atom stereocenters. The van der Waals surface area contributed by atoms with E-state index in [1.807, 2.05) is 24.3 Å². The molecule has 0 radical (unpaired) electrons. The van der Waals surface area contributed by atoms with Crippen LogP contribution in [0.2, 0.25) is 5.02 Å². The van der Waals surface area contributed by atoms with Gasteiger partial charge in [0.2, 0.25) is 11.8 Å². The molecule has 0 aliphatic carbocycles. The van der Waals surface area contributed by atoms with E-state index in [1.165, 1.54) is 4.90 Å². The van der Waals surface area contributed by atoms with E-state index in [2.05, 4.69) is 5.32 Å². The lowest BCUT2D eigenvalue weighted by atomic mass is 10.1. The van der Waals surface area contributed by atoms with Gasteiger partial charge in [0.1, 0.15) is 6.04 Å². The zero-order chi connectivity index (χ0) is 13.8. The average Bonchev–Trinajstić information content (AvgIpc) is 2.72. The van der Waals surface area contributed by atoms with Crippen molar-refractivity contribution in [1.82, 2.24) is 10.2 Å². The topological polar surface area (TPSA) is 49.4 Å². The van der Waals surface area contributed by atoms with Crippen molar-refractivity contribution in [2.75, 3.05) is 13.6 Å². The summed E-state index contributed by atoms with van der Waals surface area (Å²) < 4.78 is 0. The Kier molecular flexibility index (Phi) is 4.43. The molecule has 1 aliphatic rings. The van der Waals surface area contributed by atoms with Crippen LogP contribution in [0.1, 0.15) is 18.4 Å². The molecule has 0 bridgehead atoms. The van der Waals surface area contributed by atoms with Gasteiger partial charge in [0.25, 0.3) is 0 Å². The molecular weight excluding hydrogens is 264 g/mol. The number of benzene rings is 1. The third-order valence-corrected chi connectivity index (χ3v) is 3.67. The molecular formula is C14H17ClN2O2. The first-order valence-electron chi connectivity index (χ1n) is 6.36. The smallest absolute Gasteiger partial charge is 0.242 e. The van der Waals surface area contributed by atoms with E-state index >= 15 is 0 Å². The molecule has 1 aromatic carbocycles. The molecule has 5 heteroatoms. The average molecular weight is 281 g/mol. The lowest BCUT2D eigenvalue weighted by Crippen LogP contribution is -2.43. The Morgan fingerprint density at radius 3 is 2.68 bits per heavy atom. The van der Waals surface area contributed by atoms with Crippen LogP contribution in [-0.4, -0.2) is 36.3 Å². The van der Waals surface area contributed by atoms with Gasteiger partial charge in [-0.15, -0.1) is 0 Å². The van der Waals surface area contributed by atoms with Gasteiger partial charge in [-0.25, -0.2) is 0 Å². The van der Waals surface area contributed by atoms with Crippen LogP contribution in [0, 0.1) is 0 Å². The van der Waals surface area contributed by atoms with Crippen molar-refractivity contribution in [1.29, 1.82) is 0 Å². The summed E-state index contributed by atoms with van der Waals surface area (Å²) >= 11 is 5.80. The number of likely N-dealkylation sites (tertiary alicyclic amines) is 1. The number of likely N-dealkylation sites (N-methyl/N-ethyl adjacent to an activating group) is 1. The van der Waals surface area contributed by atoms with E-state index in [0.717, 1.165) is 12.0 Å². The lowest BCUT2D eigenvalue weighted by molar-refractivity contribution is -0.133. The summed E-state index contributed by atoms with van der Waals surface area (Å²) in [7, 11) is 1.68. The summed E-state index contributed by atoms with van der Waals surface area (Å²) in [5, 5.41) is 3.58. The Labute approximate surface area is 117 Å². The van der Waals surface area contributed by atoms with Gasteiger partial charge < -0.3 is 10.2 Å². The van der Waals surface area contributed by atoms with Gasteiger partial charge in [-0.3, -0.25) is 9.59 Å². The van der Waals surface area contributed by atoms with Crippen LogP contribution in [0.4, 0.5) is 0 Å². The number of carbonyl (C=O) groups excluding carboxylic acids is 2. The first-order chi connectivity index (χ1) is 9.08. The maximum Gasteiger partial charge on any atom is 0.242 e. The summed E-state index contributed by atoms with van der Waals surface area (Å²) in [5.74, 6) is -0.0276. The number of amides is 2. The lowest BCUT2D eigenvalue weighted by Gasteiger charge is -2.19. The molecule has 19 heavy (non-hydrogen) atoms. The normalized spacial score (nSPS) is 18.7. The minimum atomic E-state index is -0.308. The number of halogens is 1. The highest BCUT2D eigenvalue weighted by Gasteiger charge is 2.32. The minimum Gasteiger partial charge on any atom is -0.354 e. The molecule has 1 N–H and O–H groups in total. The van der Waals surface area contributed by atoms with Gasteiger partial charge in [-0.2, -0.15) is 0 Å². The zero-order valence-electron chi connectivity index (χ0n) is 10.9. The van der Waals surface area contributed by atoms with Crippen LogP contribution in [-0.2, 0) is 16.0 Å². The van der Waals surface area contributed by atoms with Crippen molar-refractivity contribution in [3.05, 3.63) is 34.9 Å². The molecule has 1 aliphatic heterocycles. The summed E-state index contributed by atoms with van der Waals surface area (Å²) in [5.41, 5.74) is 1.13. The Balaban J connectivity index is 1.78. The molecule has 4 nitrogen and oxygen atoms in total.